The number of rotatable bonds is 4. The van der Waals surface area contributed by atoms with Gasteiger partial charge in [-0.1, -0.05) is 50.6 Å². The molecule has 0 radical (unpaired) electrons. The van der Waals surface area contributed by atoms with Gasteiger partial charge in [-0.2, -0.15) is 0 Å². The van der Waals surface area contributed by atoms with Crippen LogP contribution in [0.5, 0.6) is 5.75 Å². The molecule has 0 atom stereocenters. The van der Waals surface area contributed by atoms with E-state index in [1.807, 2.05) is 47.5 Å². The zero-order chi connectivity index (χ0) is 22.0. The monoisotopic (exact) mass is 418 g/mol. The average molecular weight is 419 g/mol. The van der Waals surface area contributed by atoms with Gasteiger partial charge in [-0.05, 0) is 36.1 Å². The molecule has 4 rings (SSSR count). The van der Waals surface area contributed by atoms with Gasteiger partial charge in [0.2, 0.25) is 0 Å². The number of anilines is 1. The second-order valence-corrected chi connectivity index (χ2v) is 9.12. The van der Waals surface area contributed by atoms with E-state index in [1.54, 1.807) is 0 Å². The number of fused-ring (bicyclic) bond motifs is 1. The Balaban J connectivity index is 1.35. The van der Waals surface area contributed by atoms with Gasteiger partial charge in [-0.15, -0.1) is 0 Å². The van der Waals surface area contributed by atoms with Crippen molar-refractivity contribution in [1.82, 2.24) is 14.9 Å². The summed E-state index contributed by atoms with van der Waals surface area (Å²) in [6.07, 6.45) is 1.81. The number of aryl methyl sites for hydroxylation is 1. The Morgan fingerprint density at radius 2 is 1.74 bits per heavy atom. The molecule has 1 fully saturated rings. The molecule has 0 N–H and O–H groups in total. The van der Waals surface area contributed by atoms with Crippen LogP contribution in [0.1, 0.15) is 31.9 Å². The quantitative estimate of drug-likeness (QED) is 0.642. The molecule has 6 heteroatoms. The van der Waals surface area contributed by atoms with Crippen molar-refractivity contribution in [1.29, 1.82) is 0 Å². The van der Waals surface area contributed by atoms with Crippen LogP contribution >= 0.6 is 0 Å². The second kappa shape index (κ2) is 8.53. The van der Waals surface area contributed by atoms with E-state index in [4.69, 9.17) is 9.72 Å². The lowest BCUT2D eigenvalue weighted by atomic mass is 9.85. The van der Waals surface area contributed by atoms with Gasteiger partial charge >= 0.3 is 0 Å². The minimum atomic E-state index is -0.0447. The summed E-state index contributed by atoms with van der Waals surface area (Å²) in [6.45, 7) is 11.4. The standard InChI is InChI=1S/C25H30N4O2/c1-18-9-10-22(19(15-18)25(2,3)4)31-17-24(30)29-13-11-28(12-14-29)23-16-26-20-7-5-6-8-21(20)27-23/h5-10,15-16H,11-14,17H2,1-4H3. The van der Waals surface area contributed by atoms with Crippen molar-refractivity contribution in [2.75, 3.05) is 37.7 Å². The summed E-state index contributed by atoms with van der Waals surface area (Å²) in [6, 6.07) is 14.0. The molecule has 0 spiro atoms. The number of hydrogen-bond acceptors (Lipinski definition) is 5. The molecule has 1 aromatic heterocycles. The number of ether oxygens (including phenoxy) is 1. The first kappa shape index (κ1) is 21.1. The number of carbonyl (C=O) groups excluding carboxylic acids is 1. The summed E-state index contributed by atoms with van der Waals surface area (Å²) < 4.78 is 5.97. The van der Waals surface area contributed by atoms with E-state index in [-0.39, 0.29) is 17.9 Å². The maximum atomic E-state index is 12.8. The summed E-state index contributed by atoms with van der Waals surface area (Å²) >= 11 is 0. The summed E-state index contributed by atoms with van der Waals surface area (Å²) in [5.74, 6) is 1.66. The van der Waals surface area contributed by atoms with Crippen molar-refractivity contribution in [3.05, 3.63) is 59.8 Å². The van der Waals surface area contributed by atoms with Crippen molar-refractivity contribution in [3.63, 3.8) is 0 Å². The minimum Gasteiger partial charge on any atom is -0.483 e. The van der Waals surface area contributed by atoms with Gasteiger partial charge < -0.3 is 14.5 Å². The molecule has 2 aromatic carbocycles. The molecule has 0 aliphatic carbocycles. The summed E-state index contributed by atoms with van der Waals surface area (Å²) in [5, 5.41) is 0. The van der Waals surface area contributed by atoms with Crippen LogP contribution in [0.25, 0.3) is 11.0 Å². The molecule has 31 heavy (non-hydrogen) atoms. The van der Waals surface area contributed by atoms with Crippen LogP contribution in [0.4, 0.5) is 5.82 Å². The molecular weight excluding hydrogens is 388 g/mol. The molecule has 3 aromatic rings. The molecule has 2 heterocycles. The first-order valence-electron chi connectivity index (χ1n) is 10.8. The highest BCUT2D eigenvalue weighted by Gasteiger charge is 2.24. The Kier molecular flexibility index (Phi) is 5.81. The number of piperazine rings is 1. The molecule has 1 aliphatic rings. The van der Waals surface area contributed by atoms with Crippen LogP contribution in [-0.4, -0.2) is 53.6 Å². The summed E-state index contributed by atoms with van der Waals surface area (Å²) in [7, 11) is 0. The molecule has 1 saturated heterocycles. The van der Waals surface area contributed by atoms with Gasteiger partial charge in [0.25, 0.3) is 5.91 Å². The maximum absolute atomic E-state index is 12.8. The minimum absolute atomic E-state index is 0.0182. The van der Waals surface area contributed by atoms with Crippen molar-refractivity contribution in [2.24, 2.45) is 0 Å². The van der Waals surface area contributed by atoms with E-state index in [9.17, 15) is 4.79 Å². The van der Waals surface area contributed by atoms with E-state index in [1.165, 1.54) is 5.56 Å². The van der Waals surface area contributed by atoms with Gasteiger partial charge in [-0.3, -0.25) is 9.78 Å². The van der Waals surface area contributed by atoms with E-state index < -0.39 is 0 Å². The lowest BCUT2D eigenvalue weighted by Gasteiger charge is -2.35. The van der Waals surface area contributed by atoms with Crippen molar-refractivity contribution in [3.8, 4) is 5.75 Å². The fraction of sp³-hybridized carbons (Fsp3) is 0.400. The number of amides is 1. The molecule has 0 bridgehead atoms. The molecular formula is C25H30N4O2. The van der Waals surface area contributed by atoms with Crippen LogP contribution in [0.3, 0.4) is 0 Å². The number of hydrogen-bond donors (Lipinski definition) is 0. The van der Waals surface area contributed by atoms with Crippen LogP contribution in [0.2, 0.25) is 0 Å². The van der Waals surface area contributed by atoms with Crippen LogP contribution in [0, 0.1) is 6.92 Å². The Morgan fingerprint density at radius 1 is 1.03 bits per heavy atom. The number of carbonyl (C=O) groups is 1. The van der Waals surface area contributed by atoms with Gasteiger partial charge in [0.1, 0.15) is 11.6 Å². The summed E-state index contributed by atoms with van der Waals surface area (Å²) in [4.78, 5) is 26.0. The smallest absolute Gasteiger partial charge is 0.260 e. The number of benzene rings is 2. The average Bonchev–Trinajstić information content (AvgIpc) is 2.77. The zero-order valence-corrected chi connectivity index (χ0v) is 18.8. The molecule has 6 nitrogen and oxygen atoms in total. The van der Waals surface area contributed by atoms with Crippen molar-refractivity contribution in [2.45, 2.75) is 33.1 Å². The third kappa shape index (κ3) is 4.79. The molecule has 162 valence electrons. The van der Waals surface area contributed by atoms with Crippen molar-refractivity contribution < 1.29 is 9.53 Å². The van der Waals surface area contributed by atoms with E-state index in [0.717, 1.165) is 41.3 Å². The Morgan fingerprint density at radius 3 is 2.45 bits per heavy atom. The second-order valence-electron chi connectivity index (χ2n) is 9.12. The highest BCUT2D eigenvalue weighted by Crippen LogP contribution is 2.32. The lowest BCUT2D eigenvalue weighted by molar-refractivity contribution is -0.133. The highest BCUT2D eigenvalue weighted by molar-refractivity contribution is 5.78. The molecule has 0 saturated carbocycles. The highest BCUT2D eigenvalue weighted by atomic mass is 16.5. The van der Waals surface area contributed by atoms with Crippen molar-refractivity contribution >= 4 is 22.8 Å². The SMILES string of the molecule is Cc1ccc(OCC(=O)N2CCN(c3cnc4ccccc4n3)CC2)c(C(C)(C)C)c1. The van der Waals surface area contributed by atoms with Gasteiger partial charge in [0.05, 0.1) is 17.2 Å². The van der Waals surface area contributed by atoms with Gasteiger partial charge in [0, 0.05) is 26.2 Å². The third-order valence-corrected chi connectivity index (χ3v) is 5.69. The van der Waals surface area contributed by atoms with Crippen LogP contribution in [0.15, 0.2) is 48.7 Å². The Bertz CT molecular complexity index is 1080. The molecule has 0 unspecified atom stereocenters. The largest absolute Gasteiger partial charge is 0.483 e. The van der Waals surface area contributed by atoms with Gasteiger partial charge in [-0.25, -0.2) is 4.98 Å². The number of aromatic nitrogens is 2. The number of nitrogens with zero attached hydrogens (tertiary/aromatic N) is 4. The predicted octanol–water partition coefficient (Wildman–Crippen LogP) is 3.96. The van der Waals surface area contributed by atoms with E-state index >= 15 is 0 Å². The molecule has 1 amide bonds. The maximum Gasteiger partial charge on any atom is 0.260 e. The zero-order valence-electron chi connectivity index (χ0n) is 18.8. The topological polar surface area (TPSA) is 58.6 Å². The summed E-state index contributed by atoms with van der Waals surface area (Å²) in [5.41, 5.74) is 4.05. The molecule has 1 aliphatic heterocycles. The van der Waals surface area contributed by atoms with E-state index in [2.05, 4.69) is 43.6 Å². The fourth-order valence-corrected chi connectivity index (χ4v) is 3.87. The third-order valence-electron chi connectivity index (χ3n) is 5.69. The lowest BCUT2D eigenvalue weighted by Crippen LogP contribution is -2.50. The van der Waals surface area contributed by atoms with E-state index in [0.29, 0.717) is 13.1 Å². The normalized spacial score (nSPS) is 14.7. The Hall–Kier alpha value is -3.15. The number of para-hydroxylation sites is 2. The first-order chi connectivity index (χ1) is 14.8. The fourth-order valence-electron chi connectivity index (χ4n) is 3.87. The Labute approximate surface area is 183 Å². The predicted molar refractivity (Wildman–Crippen MR) is 124 cm³/mol. The van der Waals surface area contributed by atoms with Crippen LogP contribution < -0.4 is 9.64 Å². The van der Waals surface area contributed by atoms with Gasteiger partial charge in [0.15, 0.2) is 6.61 Å². The van der Waals surface area contributed by atoms with Crippen LogP contribution in [-0.2, 0) is 10.2 Å². The first-order valence-corrected chi connectivity index (χ1v) is 10.8.